The van der Waals surface area contributed by atoms with Crippen molar-refractivity contribution in [3.05, 3.63) is 18.2 Å². The van der Waals surface area contributed by atoms with Crippen LogP contribution in [0, 0.1) is 0 Å². The molecule has 2 amide bonds. The molecule has 1 heterocycles. The number of hydrogen-bond donors (Lipinski definition) is 2. The zero-order chi connectivity index (χ0) is 13.9. The van der Waals surface area contributed by atoms with Gasteiger partial charge in [-0.15, -0.1) is 0 Å². The number of benzene rings is 1. The van der Waals surface area contributed by atoms with Gasteiger partial charge in [-0.3, -0.25) is 9.59 Å². The van der Waals surface area contributed by atoms with Gasteiger partial charge in [-0.2, -0.15) is 0 Å². The van der Waals surface area contributed by atoms with Crippen LogP contribution in [0.15, 0.2) is 18.2 Å². The Labute approximate surface area is 116 Å². The summed E-state index contributed by atoms with van der Waals surface area (Å²) in [5.41, 5.74) is 0.596. The van der Waals surface area contributed by atoms with E-state index in [0.29, 0.717) is 30.4 Å². The molecule has 0 atom stereocenters. The Balaban J connectivity index is 1.56. The first kappa shape index (κ1) is 12.8. The predicted octanol–water partition coefficient (Wildman–Crippen LogP) is 1.06. The molecule has 0 bridgehead atoms. The molecule has 1 saturated carbocycles. The molecule has 2 aliphatic rings. The van der Waals surface area contributed by atoms with Crippen LogP contribution in [0.5, 0.6) is 11.5 Å². The number of carbonyl (C=O) groups is 2. The van der Waals surface area contributed by atoms with Crippen molar-refractivity contribution in [2.45, 2.75) is 25.3 Å². The van der Waals surface area contributed by atoms with Crippen LogP contribution in [-0.2, 0) is 9.59 Å². The predicted molar refractivity (Wildman–Crippen MR) is 71.8 cm³/mol. The summed E-state index contributed by atoms with van der Waals surface area (Å²) in [5, 5.41) is 5.46. The Hall–Kier alpha value is -2.24. The van der Waals surface area contributed by atoms with Crippen molar-refractivity contribution in [2.75, 3.05) is 18.5 Å². The molecular formula is C14H16N2O4. The Bertz CT molecular complexity index is 540. The van der Waals surface area contributed by atoms with Gasteiger partial charge in [-0.1, -0.05) is 0 Å². The molecule has 0 radical (unpaired) electrons. The lowest BCUT2D eigenvalue weighted by molar-refractivity contribution is -0.126. The van der Waals surface area contributed by atoms with Gasteiger partial charge in [0.15, 0.2) is 11.5 Å². The van der Waals surface area contributed by atoms with Crippen LogP contribution < -0.4 is 20.1 Å². The van der Waals surface area contributed by atoms with E-state index in [1.54, 1.807) is 18.2 Å². The summed E-state index contributed by atoms with van der Waals surface area (Å²) >= 11 is 0. The van der Waals surface area contributed by atoms with Crippen LogP contribution in [0.3, 0.4) is 0 Å². The summed E-state index contributed by atoms with van der Waals surface area (Å²) in [6, 6.07) is 5.44. The smallest absolute Gasteiger partial charge is 0.233 e. The van der Waals surface area contributed by atoms with Gasteiger partial charge in [-0.05, 0) is 25.0 Å². The number of carbonyl (C=O) groups excluding carboxylic acids is 2. The number of nitrogens with one attached hydrogen (secondary N) is 2. The van der Waals surface area contributed by atoms with Crippen LogP contribution >= 0.6 is 0 Å². The van der Waals surface area contributed by atoms with Gasteiger partial charge >= 0.3 is 0 Å². The molecule has 1 aliphatic carbocycles. The van der Waals surface area contributed by atoms with Crippen molar-refractivity contribution in [3.8, 4) is 11.5 Å². The normalized spacial score (nSPS) is 16.4. The Morgan fingerprint density at radius 2 is 1.85 bits per heavy atom. The van der Waals surface area contributed by atoms with Gasteiger partial charge in [0.2, 0.25) is 11.8 Å². The van der Waals surface area contributed by atoms with Crippen LogP contribution in [-0.4, -0.2) is 31.1 Å². The minimum Gasteiger partial charge on any atom is -0.486 e. The molecule has 1 fully saturated rings. The molecule has 1 aromatic carbocycles. The van der Waals surface area contributed by atoms with Crippen LogP contribution in [0.4, 0.5) is 5.69 Å². The average Bonchev–Trinajstić information content (AvgIpc) is 3.22. The molecule has 1 aliphatic heterocycles. The topological polar surface area (TPSA) is 76.7 Å². The third kappa shape index (κ3) is 3.20. The summed E-state index contributed by atoms with van der Waals surface area (Å²) < 4.78 is 10.8. The van der Waals surface area contributed by atoms with Crippen molar-refractivity contribution in [1.82, 2.24) is 5.32 Å². The quantitative estimate of drug-likeness (QED) is 0.806. The molecule has 0 unspecified atom stereocenters. The van der Waals surface area contributed by atoms with Crippen molar-refractivity contribution < 1.29 is 19.1 Å². The van der Waals surface area contributed by atoms with Gasteiger partial charge in [-0.25, -0.2) is 0 Å². The number of rotatable bonds is 4. The number of fused-ring (bicyclic) bond motifs is 1. The fourth-order valence-electron chi connectivity index (χ4n) is 1.98. The Morgan fingerprint density at radius 3 is 2.60 bits per heavy atom. The van der Waals surface area contributed by atoms with Crippen molar-refractivity contribution in [3.63, 3.8) is 0 Å². The third-order valence-electron chi connectivity index (χ3n) is 3.09. The number of anilines is 1. The van der Waals surface area contributed by atoms with Crippen molar-refractivity contribution in [2.24, 2.45) is 0 Å². The lowest BCUT2D eigenvalue weighted by atomic mass is 10.2. The molecule has 0 spiro atoms. The third-order valence-corrected chi connectivity index (χ3v) is 3.09. The maximum absolute atomic E-state index is 11.7. The number of ether oxygens (including phenoxy) is 2. The first-order valence-electron chi connectivity index (χ1n) is 6.69. The molecule has 1 aromatic rings. The second kappa shape index (κ2) is 5.40. The van der Waals surface area contributed by atoms with Crippen molar-refractivity contribution in [1.29, 1.82) is 0 Å². The van der Waals surface area contributed by atoms with Gasteiger partial charge in [0.1, 0.15) is 19.6 Å². The number of hydrogen-bond acceptors (Lipinski definition) is 4. The lowest BCUT2D eigenvalue weighted by Gasteiger charge is -2.19. The zero-order valence-electron chi connectivity index (χ0n) is 11.0. The first-order valence-corrected chi connectivity index (χ1v) is 6.69. The summed E-state index contributed by atoms with van der Waals surface area (Å²) in [7, 11) is 0. The van der Waals surface area contributed by atoms with E-state index < -0.39 is 0 Å². The van der Waals surface area contributed by atoms with E-state index in [0.717, 1.165) is 12.8 Å². The summed E-state index contributed by atoms with van der Waals surface area (Å²) in [6.45, 7) is 1.02. The molecule has 0 saturated heterocycles. The minimum absolute atomic E-state index is 0.162. The number of amides is 2. The van der Waals surface area contributed by atoms with E-state index in [9.17, 15) is 9.59 Å². The summed E-state index contributed by atoms with van der Waals surface area (Å²) in [4.78, 5) is 23.3. The average molecular weight is 276 g/mol. The maximum Gasteiger partial charge on any atom is 0.233 e. The first-order chi connectivity index (χ1) is 9.70. The second-order valence-corrected chi connectivity index (χ2v) is 4.93. The highest BCUT2D eigenvalue weighted by atomic mass is 16.6. The summed E-state index contributed by atoms with van der Waals surface area (Å²) in [6.07, 6.45) is 1.86. The van der Waals surface area contributed by atoms with E-state index >= 15 is 0 Å². The van der Waals surface area contributed by atoms with Crippen LogP contribution in [0.25, 0.3) is 0 Å². The van der Waals surface area contributed by atoms with E-state index in [1.807, 2.05) is 0 Å². The highest BCUT2D eigenvalue weighted by Gasteiger charge is 2.24. The fourth-order valence-corrected chi connectivity index (χ4v) is 1.98. The van der Waals surface area contributed by atoms with E-state index in [4.69, 9.17) is 9.47 Å². The minimum atomic E-state index is -0.333. The molecule has 106 valence electrons. The highest BCUT2D eigenvalue weighted by molar-refractivity contribution is 6.03. The van der Waals surface area contributed by atoms with Gasteiger partial charge in [0.25, 0.3) is 0 Å². The summed E-state index contributed by atoms with van der Waals surface area (Å²) in [5.74, 6) is 0.708. The largest absolute Gasteiger partial charge is 0.486 e. The molecule has 6 heteroatoms. The standard InChI is InChI=1S/C14H16N2O4/c17-13(15-9-1-2-9)8-14(18)16-10-3-4-11-12(7-10)20-6-5-19-11/h3-4,7,9H,1-2,5-6,8H2,(H,15,17)(H,16,18). The molecule has 2 N–H and O–H groups in total. The molecule has 3 rings (SSSR count). The molecular weight excluding hydrogens is 260 g/mol. The molecule has 20 heavy (non-hydrogen) atoms. The van der Waals surface area contributed by atoms with E-state index in [1.165, 1.54) is 0 Å². The highest BCUT2D eigenvalue weighted by Crippen LogP contribution is 2.32. The SMILES string of the molecule is O=C(CC(=O)NC1CC1)Nc1ccc2c(c1)OCCO2. The van der Waals surface area contributed by atoms with Gasteiger partial charge in [0.05, 0.1) is 0 Å². The lowest BCUT2D eigenvalue weighted by Crippen LogP contribution is -2.29. The van der Waals surface area contributed by atoms with Crippen molar-refractivity contribution >= 4 is 17.5 Å². The monoisotopic (exact) mass is 276 g/mol. The Morgan fingerprint density at radius 1 is 1.10 bits per heavy atom. The van der Waals surface area contributed by atoms with E-state index in [-0.39, 0.29) is 24.3 Å². The Kier molecular flexibility index (Phi) is 3.45. The maximum atomic E-state index is 11.7. The molecule has 6 nitrogen and oxygen atoms in total. The second-order valence-electron chi connectivity index (χ2n) is 4.93. The van der Waals surface area contributed by atoms with Gasteiger partial charge in [0, 0.05) is 17.8 Å². The zero-order valence-corrected chi connectivity index (χ0v) is 11.0. The molecule has 0 aromatic heterocycles. The van der Waals surface area contributed by atoms with Crippen LogP contribution in [0.1, 0.15) is 19.3 Å². The van der Waals surface area contributed by atoms with E-state index in [2.05, 4.69) is 10.6 Å². The van der Waals surface area contributed by atoms with Gasteiger partial charge < -0.3 is 20.1 Å². The van der Waals surface area contributed by atoms with Crippen LogP contribution in [0.2, 0.25) is 0 Å². The fraction of sp³-hybridized carbons (Fsp3) is 0.429.